The van der Waals surface area contributed by atoms with Crippen molar-refractivity contribution >= 4 is 29.4 Å². The van der Waals surface area contributed by atoms with Crippen LogP contribution >= 0.6 is 11.6 Å². The van der Waals surface area contributed by atoms with Gasteiger partial charge in [-0.1, -0.05) is 11.6 Å². The fourth-order valence-corrected chi connectivity index (χ4v) is 3.24. The van der Waals surface area contributed by atoms with E-state index >= 15 is 0 Å². The SMILES string of the molecule is O=C(CN1CCCNC1=O)N1CCN(C(=O)c2ccc(Cl)cc2F)CC1. The standard InChI is InChI=1S/C17H20ClFN4O3/c18-12-2-3-13(14(19)10-12)16(25)22-8-6-21(7-9-22)15(24)11-23-5-1-4-20-17(23)26/h2-3,10H,1,4-9,11H2,(H,20,26). The zero-order valence-corrected chi connectivity index (χ0v) is 15.0. The summed E-state index contributed by atoms with van der Waals surface area (Å²) in [5.74, 6) is -1.22. The summed E-state index contributed by atoms with van der Waals surface area (Å²) in [5.41, 5.74) is -0.0286. The molecule has 1 aromatic rings. The number of hydrogen-bond donors (Lipinski definition) is 1. The normalized spacial score (nSPS) is 17.9. The number of carbonyl (C=O) groups is 3. The van der Waals surface area contributed by atoms with E-state index in [9.17, 15) is 18.8 Å². The monoisotopic (exact) mass is 382 g/mol. The minimum absolute atomic E-state index is 0.0286. The van der Waals surface area contributed by atoms with Gasteiger partial charge in [0.1, 0.15) is 12.4 Å². The third kappa shape index (κ3) is 4.07. The van der Waals surface area contributed by atoms with Crippen LogP contribution in [0.15, 0.2) is 18.2 Å². The number of nitrogens with one attached hydrogen (secondary N) is 1. The number of hydrogen-bond acceptors (Lipinski definition) is 3. The van der Waals surface area contributed by atoms with Gasteiger partial charge in [0.25, 0.3) is 5.91 Å². The molecule has 2 fully saturated rings. The van der Waals surface area contributed by atoms with Crippen LogP contribution in [0.3, 0.4) is 0 Å². The average Bonchev–Trinajstić information content (AvgIpc) is 2.63. The minimum Gasteiger partial charge on any atom is -0.338 e. The summed E-state index contributed by atoms with van der Waals surface area (Å²) in [6.07, 6.45) is 0.813. The summed E-state index contributed by atoms with van der Waals surface area (Å²) < 4.78 is 13.9. The molecule has 0 bridgehead atoms. The number of carbonyl (C=O) groups excluding carboxylic acids is 3. The molecule has 7 nitrogen and oxygen atoms in total. The fraction of sp³-hybridized carbons (Fsp3) is 0.471. The van der Waals surface area contributed by atoms with E-state index in [-0.39, 0.29) is 29.1 Å². The lowest BCUT2D eigenvalue weighted by Gasteiger charge is -2.36. The molecule has 1 aromatic carbocycles. The van der Waals surface area contributed by atoms with Gasteiger partial charge < -0.3 is 20.0 Å². The minimum atomic E-state index is -0.655. The Kier molecular flexibility index (Phi) is 5.61. The lowest BCUT2D eigenvalue weighted by atomic mass is 10.1. The van der Waals surface area contributed by atoms with Crippen LogP contribution in [0.1, 0.15) is 16.8 Å². The molecule has 140 valence electrons. The topological polar surface area (TPSA) is 73.0 Å². The van der Waals surface area contributed by atoms with Crippen LogP contribution in [0, 0.1) is 5.82 Å². The number of halogens is 2. The molecule has 2 aliphatic rings. The summed E-state index contributed by atoms with van der Waals surface area (Å²) >= 11 is 5.71. The molecule has 26 heavy (non-hydrogen) atoms. The van der Waals surface area contributed by atoms with Crippen molar-refractivity contribution in [2.75, 3.05) is 45.8 Å². The highest BCUT2D eigenvalue weighted by molar-refractivity contribution is 6.30. The van der Waals surface area contributed by atoms with Gasteiger partial charge in [0.05, 0.1) is 5.56 Å². The van der Waals surface area contributed by atoms with Crippen molar-refractivity contribution in [3.8, 4) is 0 Å². The summed E-state index contributed by atoms with van der Waals surface area (Å²) in [5, 5.41) is 2.94. The molecule has 0 aliphatic carbocycles. The molecule has 0 unspecified atom stereocenters. The van der Waals surface area contributed by atoms with E-state index in [1.165, 1.54) is 21.9 Å². The van der Waals surface area contributed by atoms with Crippen LogP contribution in [0.2, 0.25) is 5.02 Å². The van der Waals surface area contributed by atoms with Gasteiger partial charge in [0, 0.05) is 44.3 Å². The molecule has 9 heteroatoms. The van der Waals surface area contributed by atoms with E-state index in [1.54, 1.807) is 4.90 Å². The van der Waals surface area contributed by atoms with E-state index in [1.807, 2.05) is 0 Å². The number of benzene rings is 1. The quantitative estimate of drug-likeness (QED) is 0.853. The number of amides is 4. The van der Waals surface area contributed by atoms with Gasteiger partial charge in [-0.2, -0.15) is 0 Å². The molecule has 1 N–H and O–H groups in total. The van der Waals surface area contributed by atoms with Crippen molar-refractivity contribution in [2.45, 2.75) is 6.42 Å². The second-order valence-electron chi connectivity index (χ2n) is 6.30. The maximum Gasteiger partial charge on any atom is 0.317 e. The molecular weight excluding hydrogens is 363 g/mol. The summed E-state index contributed by atoms with van der Waals surface area (Å²) in [4.78, 5) is 41.2. The summed E-state index contributed by atoms with van der Waals surface area (Å²) in [6.45, 7) is 2.57. The van der Waals surface area contributed by atoms with Crippen molar-refractivity contribution in [1.29, 1.82) is 0 Å². The molecule has 3 rings (SSSR count). The number of nitrogens with zero attached hydrogens (tertiary/aromatic N) is 3. The van der Waals surface area contributed by atoms with Gasteiger partial charge in [-0.3, -0.25) is 9.59 Å². The van der Waals surface area contributed by atoms with E-state index < -0.39 is 11.7 Å². The first-order valence-electron chi connectivity index (χ1n) is 8.50. The first-order chi connectivity index (χ1) is 12.5. The van der Waals surface area contributed by atoms with Gasteiger partial charge in [0.2, 0.25) is 5.91 Å². The van der Waals surface area contributed by atoms with Gasteiger partial charge in [-0.05, 0) is 24.6 Å². The van der Waals surface area contributed by atoms with Crippen LogP contribution in [0.4, 0.5) is 9.18 Å². The molecule has 2 saturated heterocycles. The van der Waals surface area contributed by atoms with Crippen molar-refractivity contribution in [3.63, 3.8) is 0 Å². The highest BCUT2D eigenvalue weighted by Gasteiger charge is 2.28. The zero-order chi connectivity index (χ0) is 18.7. The predicted octanol–water partition coefficient (Wildman–Crippen LogP) is 1.18. The largest absolute Gasteiger partial charge is 0.338 e. The third-order valence-electron chi connectivity index (χ3n) is 4.58. The Balaban J connectivity index is 1.54. The van der Waals surface area contributed by atoms with Crippen LogP contribution in [0.5, 0.6) is 0 Å². The van der Waals surface area contributed by atoms with E-state index in [0.717, 1.165) is 12.5 Å². The maximum absolute atomic E-state index is 13.9. The predicted molar refractivity (Wildman–Crippen MR) is 93.5 cm³/mol. The second-order valence-corrected chi connectivity index (χ2v) is 6.74. The smallest absolute Gasteiger partial charge is 0.317 e. The summed E-state index contributed by atoms with van der Waals surface area (Å²) in [7, 11) is 0. The van der Waals surface area contributed by atoms with Crippen LogP contribution in [-0.4, -0.2) is 78.4 Å². The van der Waals surface area contributed by atoms with E-state index in [4.69, 9.17) is 11.6 Å². The van der Waals surface area contributed by atoms with Crippen LogP contribution < -0.4 is 5.32 Å². The first-order valence-corrected chi connectivity index (χ1v) is 8.88. The van der Waals surface area contributed by atoms with Gasteiger partial charge in [-0.25, -0.2) is 9.18 Å². The molecule has 4 amide bonds. The highest BCUT2D eigenvalue weighted by atomic mass is 35.5. The van der Waals surface area contributed by atoms with Crippen molar-refractivity contribution < 1.29 is 18.8 Å². The molecular formula is C17H20ClFN4O3. The third-order valence-corrected chi connectivity index (χ3v) is 4.81. The number of rotatable bonds is 3. The lowest BCUT2D eigenvalue weighted by Crippen LogP contribution is -2.55. The lowest BCUT2D eigenvalue weighted by molar-refractivity contribution is -0.133. The number of urea groups is 1. The molecule has 0 aromatic heterocycles. The second kappa shape index (κ2) is 7.90. The van der Waals surface area contributed by atoms with Crippen LogP contribution in [-0.2, 0) is 4.79 Å². The molecule has 2 aliphatic heterocycles. The molecule has 0 spiro atoms. The van der Waals surface area contributed by atoms with Crippen LogP contribution in [0.25, 0.3) is 0 Å². The van der Waals surface area contributed by atoms with Gasteiger partial charge in [-0.15, -0.1) is 0 Å². The molecule has 0 radical (unpaired) electrons. The average molecular weight is 383 g/mol. The van der Waals surface area contributed by atoms with Crippen molar-refractivity contribution in [2.24, 2.45) is 0 Å². The number of piperazine rings is 1. The molecule has 0 saturated carbocycles. The van der Waals surface area contributed by atoms with Gasteiger partial charge >= 0.3 is 6.03 Å². The maximum atomic E-state index is 13.9. The van der Waals surface area contributed by atoms with E-state index in [2.05, 4.69) is 5.32 Å². The molecule has 2 heterocycles. The Hall–Kier alpha value is -2.35. The Morgan fingerprint density at radius 2 is 1.81 bits per heavy atom. The van der Waals surface area contributed by atoms with E-state index in [0.29, 0.717) is 39.3 Å². The van der Waals surface area contributed by atoms with Crippen molar-refractivity contribution in [1.82, 2.24) is 20.0 Å². The Bertz CT molecular complexity index is 722. The first kappa shape index (κ1) is 18.4. The van der Waals surface area contributed by atoms with Gasteiger partial charge in [0.15, 0.2) is 0 Å². The fourth-order valence-electron chi connectivity index (χ4n) is 3.08. The Labute approximate surface area is 155 Å². The zero-order valence-electron chi connectivity index (χ0n) is 14.2. The highest BCUT2D eigenvalue weighted by Crippen LogP contribution is 2.17. The van der Waals surface area contributed by atoms with Crippen molar-refractivity contribution in [3.05, 3.63) is 34.6 Å². The Morgan fingerprint density at radius 1 is 1.12 bits per heavy atom. The summed E-state index contributed by atoms with van der Waals surface area (Å²) in [6, 6.07) is 3.73. The molecule has 0 atom stereocenters. The Morgan fingerprint density at radius 3 is 2.46 bits per heavy atom.